The van der Waals surface area contributed by atoms with Crippen molar-refractivity contribution in [2.45, 2.75) is 5.75 Å². The van der Waals surface area contributed by atoms with Crippen LogP contribution in [0, 0.1) is 11.6 Å². The number of fused-ring (bicyclic) bond motifs is 1. The van der Waals surface area contributed by atoms with E-state index >= 15 is 0 Å². The van der Waals surface area contributed by atoms with Crippen LogP contribution in [0.15, 0.2) is 6.07 Å². The summed E-state index contributed by atoms with van der Waals surface area (Å²) in [7, 11) is 1.00. The van der Waals surface area contributed by atoms with Crippen molar-refractivity contribution in [1.82, 2.24) is 0 Å². The zero-order chi connectivity index (χ0) is 12.6. The molecule has 1 aliphatic rings. The lowest BCUT2D eigenvalue weighted by molar-refractivity contribution is 0.168. The van der Waals surface area contributed by atoms with Gasteiger partial charge in [-0.15, -0.1) is 0 Å². The molecule has 0 aliphatic carbocycles. The minimum Gasteiger partial charge on any atom is -0.486 e. The van der Waals surface area contributed by atoms with Gasteiger partial charge in [0.2, 0.25) is 9.05 Å². The number of ether oxygens (including phenoxy) is 2. The van der Waals surface area contributed by atoms with Crippen LogP contribution < -0.4 is 9.47 Å². The van der Waals surface area contributed by atoms with Crippen LogP contribution in [0.3, 0.4) is 0 Å². The molecule has 0 amide bonds. The van der Waals surface area contributed by atoms with E-state index in [-0.39, 0.29) is 24.7 Å². The smallest absolute Gasteiger partial charge is 0.237 e. The first kappa shape index (κ1) is 12.4. The van der Waals surface area contributed by atoms with Crippen molar-refractivity contribution in [3.05, 3.63) is 23.3 Å². The summed E-state index contributed by atoms with van der Waals surface area (Å²) in [4.78, 5) is 0. The molecule has 1 aromatic carbocycles. The Labute approximate surface area is 101 Å². The van der Waals surface area contributed by atoms with Gasteiger partial charge < -0.3 is 9.47 Å². The number of rotatable bonds is 2. The standard InChI is InChI=1S/C9H7ClF2O4S/c10-17(13,14)4-5-8(12)6(11)3-7-9(5)16-2-1-15-7/h3H,1-2,4H2. The summed E-state index contributed by atoms with van der Waals surface area (Å²) in [6.07, 6.45) is 0. The van der Waals surface area contributed by atoms with Gasteiger partial charge in [-0.2, -0.15) is 0 Å². The maximum atomic E-state index is 13.5. The second kappa shape index (κ2) is 4.30. The molecule has 0 bridgehead atoms. The first-order chi connectivity index (χ1) is 7.88. The van der Waals surface area contributed by atoms with Gasteiger partial charge in [-0.1, -0.05) is 0 Å². The van der Waals surface area contributed by atoms with Gasteiger partial charge in [0, 0.05) is 16.7 Å². The van der Waals surface area contributed by atoms with E-state index in [1.807, 2.05) is 0 Å². The van der Waals surface area contributed by atoms with Gasteiger partial charge in [-0.05, 0) is 0 Å². The third-order valence-electron chi connectivity index (χ3n) is 2.13. The fourth-order valence-corrected chi connectivity index (χ4v) is 2.43. The Morgan fingerprint density at radius 1 is 1.29 bits per heavy atom. The number of hydrogen-bond donors (Lipinski definition) is 0. The SMILES string of the molecule is O=S(=O)(Cl)Cc1c(F)c(F)cc2c1OCCO2. The van der Waals surface area contributed by atoms with Gasteiger partial charge in [0.15, 0.2) is 23.1 Å². The fraction of sp³-hybridized carbons (Fsp3) is 0.333. The van der Waals surface area contributed by atoms with Crippen LogP contribution in [0.2, 0.25) is 0 Å². The van der Waals surface area contributed by atoms with Gasteiger partial charge in [-0.25, -0.2) is 17.2 Å². The summed E-state index contributed by atoms with van der Waals surface area (Å²) in [5.74, 6) is -3.49. The van der Waals surface area contributed by atoms with Gasteiger partial charge in [-0.3, -0.25) is 0 Å². The highest BCUT2D eigenvalue weighted by Gasteiger charge is 2.26. The van der Waals surface area contributed by atoms with Crippen LogP contribution in [0.25, 0.3) is 0 Å². The molecule has 8 heteroatoms. The lowest BCUT2D eigenvalue weighted by atomic mass is 10.2. The van der Waals surface area contributed by atoms with E-state index in [1.165, 1.54) is 0 Å². The van der Waals surface area contributed by atoms with Crippen LogP contribution in [-0.2, 0) is 14.8 Å². The molecule has 1 aromatic rings. The molecule has 1 heterocycles. The highest BCUT2D eigenvalue weighted by Crippen LogP contribution is 2.38. The molecule has 94 valence electrons. The molecule has 4 nitrogen and oxygen atoms in total. The average molecular weight is 285 g/mol. The Kier molecular flexibility index (Phi) is 3.13. The Morgan fingerprint density at radius 3 is 2.59 bits per heavy atom. The lowest BCUT2D eigenvalue weighted by Crippen LogP contribution is -2.18. The second-order valence-corrected chi connectivity index (χ2v) is 6.14. The fourth-order valence-electron chi connectivity index (χ4n) is 1.50. The van der Waals surface area contributed by atoms with E-state index in [1.54, 1.807) is 0 Å². The molecule has 0 aromatic heterocycles. The molecule has 0 atom stereocenters. The summed E-state index contributed by atoms with van der Waals surface area (Å²) in [6.45, 7) is 0.318. The molecule has 0 fully saturated rings. The first-order valence-corrected chi connectivity index (χ1v) is 7.05. The highest BCUT2D eigenvalue weighted by atomic mass is 35.7. The van der Waals surface area contributed by atoms with Crippen molar-refractivity contribution >= 4 is 19.7 Å². The lowest BCUT2D eigenvalue weighted by Gasteiger charge is -2.21. The Balaban J connectivity index is 2.58. The Hall–Kier alpha value is -1.08. The molecule has 0 saturated carbocycles. The van der Waals surface area contributed by atoms with Crippen molar-refractivity contribution in [2.75, 3.05) is 13.2 Å². The molecule has 2 rings (SSSR count). The molecular formula is C9H7ClF2O4S. The van der Waals surface area contributed by atoms with E-state index in [0.29, 0.717) is 0 Å². The second-order valence-electron chi connectivity index (χ2n) is 3.36. The van der Waals surface area contributed by atoms with E-state index in [9.17, 15) is 17.2 Å². The number of halogens is 3. The van der Waals surface area contributed by atoms with Crippen LogP contribution >= 0.6 is 10.7 Å². The minimum atomic E-state index is -4.02. The summed E-state index contributed by atoms with van der Waals surface area (Å²) in [5, 5.41) is 0. The van der Waals surface area contributed by atoms with E-state index in [0.717, 1.165) is 6.07 Å². The molecule has 0 unspecified atom stereocenters. The monoisotopic (exact) mass is 284 g/mol. The van der Waals surface area contributed by atoms with Gasteiger partial charge in [0.25, 0.3) is 0 Å². The summed E-state index contributed by atoms with van der Waals surface area (Å²) in [5.41, 5.74) is -0.449. The van der Waals surface area contributed by atoms with Crippen LogP contribution in [0.5, 0.6) is 11.5 Å². The molecule has 0 N–H and O–H groups in total. The van der Waals surface area contributed by atoms with Crippen molar-refractivity contribution in [3.63, 3.8) is 0 Å². The first-order valence-electron chi connectivity index (χ1n) is 4.57. The van der Waals surface area contributed by atoms with Crippen LogP contribution in [0.4, 0.5) is 8.78 Å². The predicted octanol–water partition coefficient (Wildman–Crippen LogP) is 1.80. The summed E-state index contributed by atoms with van der Waals surface area (Å²) < 4.78 is 58.7. The molecule has 0 spiro atoms. The third-order valence-corrected chi connectivity index (χ3v) is 3.10. The predicted molar refractivity (Wildman–Crippen MR) is 55.8 cm³/mol. The number of benzene rings is 1. The van der Waals surface area contributed by atoms with Crippen LogP contribution in [-0.4, -0.2) is 21.6 Å². The Morgan fingerprint density at radius 2 is 1.94 bits per heavy atom. The quantitative estimate of drug-likeness (QED) is 0.777. The minimum absolute atomic E-state index is 0.0227. The van der Waals surface area contributed by atoms with Crippen molar-refractivity contribution in [2.24, 2.45) is 0 Å². The zero-order valence-electron chi connectivity index (χ0n) is 8.37. The Bertz CT molecular complexity index is 559. The van der Waals surface area contributed by atoms with E-state index in [4.69, 9.17) is 20.2 Å². The molecule has 0 saturated heterocycles. The van der Waals surface area contributed by atoms with Crippen molar-refractivity contribution in [3.8, 4) is 11.5 Å². The normalized spacial score (nSPS) is 14.8. The molecule has 17 heavy (non-hydrogen) atoms. The van der Waals surface area contributed by atoms with Gasteiger partial charge >= 0.3 is 0 Å². The maximum Gasteiger partial charge on any atom is 0.237 e. The topological polar surface area (TPSA) is 52.6 Å². The van der Waals surface area contributed by atoms with E-state index in [2.05, 4.69) is 0 Å². The van der Waals surface area contributed by atoms with Crippen molar-refractivity contribution in [1.29, 1.82) is 0 Å². The summed E-state index contributed by atoms with van der Waals surface area (Å²) >= 11 is 0. The van der Waals surface area contributed by atoms with Gasteiger partial charge in [0.05, 0.1) is 11.3 Å². The molecular weight excluding hydrogens is 278 g/mol. The zero-order valence-corrected chi connectivity index (χ0v) is 9.95. The summed E-state index contributed by atoms with van der Waals surface area (Å²) in [6, 6.07) is 0.814. The van der Waals surface area contributed by atoms with Crippen LogP contribution in [0.1, 0.15) is 5.56 Å². The average Bonchev–Trinajstić information content (AvgIpc) is 2.23. The maximum absolute atomic E-state index is 13.5. The molecule has 1 aliphatic heterocycles. The molecule has 0 radical (unpaired) electrons. The highest BCUT2D eigenvalue weighted by molar-refractivity contribution is 8.13. The number of hydrogen-bond acceptors (Lipinski definition) is 4. The third kappa shape index (κ3) is 2.61. The van der Waals surface area contributed by atoms with E-state index < -0.39 is 32.0 Å². The largest absolute Gasteiger partial charge is 0.486 e. The van der Waals surface area contributed by atoms with Gasteiger partial charge in [0.1, 0.15) is 13.2 Å². The van der Waals surface area contributed by atoms with Crippen molar-refractivity contribution < 1.29 is 26.7 Å².